The average molecular weight is 245 g/mol. The van der Waals surface area contributed by atoms with Crippen LogP contribution in [-0.2, 0) is 0 Å². The van der Waals surface area contributed by atoms with Crippen LogP contribution in [0.3, 0.4) is 0 Å². The SMILES string of the molecule is Clc1cc(Nc2cncnc2)cc2[nH]ccc12. The molecule has 1 aromatic carbocycles. The van der Waals surface area contributed by atoms with Crippen LogP contribution in [0.5, 0.6) is 0 Å². The summed E-state index contributed by atoms with van der Waals surface area (Å²) in [6.07, 6.45) is 6.78. The Labute approximate surface area is 103 Å². The zero-order valence-corrected chi connectivity index (χ0v) is 9.57. The molecule has 0 amide bonds. The Balaban J connectivity index is 2.01. The first kappa shape index (κ1) is 10.1. The molecule has 0 atom stereocenters. The highest BCUT2D eigenvalue weighted by molar-refractivity contribution is 6.35. The number of anilines is 2. The van der Waals surface area contributed by atoms with Crippen LogP contribution in [0, 0.1) is 0 Å². The van der Waals surface area contributed by atoms with Crippen LogP contribution in [0.25, 0.3) is 10.9 Å². The molecule has 17 heavy (non-hydrogen) atoms. The number of rotatable bonds is 2. The number of halogens is 1. The minimum absolute atomic E-state index is 0.711. The van der Waals surface area contributed by atoms with Crippen LogP contribution in [0.15, 0.2) is 43.1 Å². The van der Waals surface area contributed by atoms with Gasteiger partial charge in [0.2, 0.25) is 0 Å². The lowest BCUT2D eigenvalue weighted by molar-refractivity contribution is 1.17. The molecule has 0 aliphatic carbocycles. The van der Waals surface area contributed by atoms with Gasteiger partial charge in [0, 0.05) is 22.8 Å². The highest BCUT2D eigenvalue weighted by Crippen LogP contribution is 2.28. The number of fused-ring (bicyclic) bond motifs is 1. The molecule has 0 bridgehead atoms. The van der Waals surface area contributed by atoms with E-state index in [1.54, 1.807) is 12.4 Å². The third-order valence-electron chi connectivity index (χ3n) is 2.47. The Hall–Kier alpha value is -2.07. The molecule has 5 heteroatoms. The molecule has 84 valence electrons. The van der Waals surface area contributed by atoms with Gasteiger partial charge in [-0.05, 0) is 18.2 Å². The van der Waals surface area contributed by atoms with E-state index in [1.165, 1.54) is 6.33 Å². The largest absolute Gasteiger partial charge is 0.361 e. The highest BCUT2D eigenvalue weighted by Gasteiger charge is 2.03. The van der Waals surface area contributed by atoms with Gasteiger partial charge in [-0.25, -0.2) is 9.97 Å². The number of H-pyrrole nitrogens is 1. The summed E-state index contributed by atoms with van der Waals surface area (Å²) in [6.45, 7) is 0. The Morgan fingerprint density at radius 1 is 1.12 bits per heavy atom. The molecule has 0 aliphatic rings. The summed E-state index contributed by atoms with van der Waals surface area (Å²) >= 11 is 6.18. The molecular weight excluding hydrogens is 236 g/mol. The monoisotopic (exact) mass is 244 g/mol. The van der Waals surface area contributed by atoms with Gasteiger partial charge < -0.3 is 10.3 Å². The van der Waals surface area contributed by atoms with E-state index in [2.05, 4.69) is 20.3 Å². The predicted molar refractivity (Wildman–Crippen MR) is 68.6 cm³/mol. The fraction of sp³-hybridized carbons (Fsp3) is 0. The van der Waals surface area contributed by atoms with Crippen LogP contribution in [0.1, 0.15) is 0 Å². The Morgan fingerprint density at radius 3 is 2.76 bits per heavy atom. The lowest BCUT2D eigenvalue weighted by Crippen LogP contribution is -1.91. The van der Waals surface area contributed by atoms with E-state index in [9.17, 15) is 0 Å². The molecule has 0 saturated carbocycles. The minimum Gasteiger partial charge on any atom is -0.361 e. The van der Waals surface area contributed by atoms with Crippen molar-refractivity contribution in [1.29, 1.82) is 0 Å². The van der Waals surface area contributed by atoms with E-state index >= 15 is 0 Å². The zero-order valence-electron chi connectivity index (χ0n) is 8.81. The van der Waals surface area contributed by atoms with Crippen molar-refractivity contribution in [3.63, 3.8) is 0 Å². The molecule has 0 aliphatic heterocycles. The highest BCUT2D eigenvalue weighted by atomic mass is 35.5. The first-order chi connectivity index (χ1) is 8.33. The number of aromatic nitrogens is 3. The number of benzene rings is 1. The lowest BCUT2D eigenvalue weighted by atomic mass is 10.2. The summed E-state index contributed by atoms with van der Waals surface area (Å²) in [5.74, 6) is 0. The smallest absolute Gasteiger partial charge is 0.115 e. The quantitative estimate of drug-likeness (QED) is 0.727. The van der Waals surface area contributed by atoms with Gasteiger partial charge in [-0.3, -0.25) is 0 Å². The maximum absolute atomic E-state index is 6.18. The fourth-order valence-corrected chi connectivity index (χ4v) is 2.01. The van der Waals surface area contributed by atoms with Crippen molar-refractivity contribution in [3.8, 4) is 0 Å². The second kappa shape index (κ2) is 4.07. The van der Waals surface area contributed by atoms with Gasteiger partial charge in [0.15, 0.2) is 0 Å². The van der Waals surface area contributed by atoms with Crippen LogP contribution >= 0.6 is 11.6 Å². The van der Waals surface area contributed by atoms with Crippen LogP contribution in [0.2, 0.25) is 5.02 Å². The number of hydrogen-bond acceptors (Lipinski definition) is 3. The second-order valence-electron chi connectivity index (χ2n) is 3.65. The van der Waals surface area contributed by atoms with Crippen LogP contribution in [0.4, 0.5) is 11.4 Å². The predicted octanol–water partition coefficient (Wildman–Crippen LogP) is 3.35. The molecule has 0 fully saturated rings. The van der Waals surface area contributed by atoms with Gasteiger partial charge in [0.05, 0.1) is 23.1 Å². The lowest BCUT2D eigenvalue weighted by Gasteiger charge is -2.06. The molecule has 0 radical (unpaired) electrons. The maximum atomic E-state index is 6.18. The van der Waals surface area contributed by atoms with Crippen molar-refractivity contribution in [3.05, 3.63) is 48.1 Å². The first-order valence-electron chi connectivity index (χ1n) is 5.11. The second-order valence-corrected chi connectivity index (χ2v) is 4.06. The van der Waals surface area contributed by atoms with Crippen molar-refractivity contribution < 1.29 is 0 Å². The number of aromatic amines is 1. The van der Waals surface area contributed by atoms with Crippen LogP contribution < -0.4 is 5.32 Å². The van der Waals surface area contributed by atoms with Crippen LogP contribution in [-0.4, -0.2) is 15.0 Å². The molecule has 2 heterocycles. The molecule has 3 aromatic rings. The molecule has 0 unspecified atom stereocenters. The number of nitrogens with one attached hydrogen (secondary N) is 2. The molecule has 2 aromatic heterocycles. The van der Waals surface area contributed by atoms with Crippen molar-refractivity contribution in [2.75, 3.05) is 5.32 Å². The van der Waals surface area contributed by atoms with Gasteiger partial charge in [-0.15, -0.1) is 0 Å². The van der Waals surface area contributed by atoms with Crippen molar-refractivity contribution in [1.82, 2.24) is 15.0 Å². The standard InChI is InChI=1S/C12H9ClN4/c13-11-3-8(4-12-10(11)1-2-16-12)17-9-5-14-7-15-6-9/h1-7,16-17H. The Bertz CT molecular complexity index is 648. The van der Waals surface area contributed by atoms with E-state index < -0.39 is 0 Å². The van der Waals surface area contributed by atoms with Gasteiger partial charge in [-0.1, -0.05) is 11.6 Å². The molecule has 0 spiro atoms. The summed E-state index contributed by atoms with van der Waals surface area (Å²) in [7, 11) is 0. The van der Waals surface area contributed by atoms with Crippen molar-refractivity contribution in [2.45, 2.75) is 0 Å². The van der Waals surface area contributed by atoms with Gasteiger partial charge >= 0.3 is 0 Å². The fourth-order valence-electron chi connectivity index (χ4n) is 1.72. The van der Waals surface area contributed by atoms with E-state index in [-0.39, 0.29) is 0 Å². The van der Waals surface area contributed by atoms with E-state index in [4.69, 9.17) is 11.6 Å². The van der Waals surface area contributed by atoms with Gasteiger partial charge in [-0.2, -0.15) is 0 Å². The third-order valence-corrected chi connectivity index (χ3v) is 2.78. The summed E-state index contributed by atoms with van der Waals surface area (Å²) in [4.78, 5) is 11.0. The van der Waals surface area contributed by atoms with Crippen molar-refractivity contribution in [2.24, 2.45) is 0 Å². The van der Waals surface area contributed by atoms with Gasteiger partial charge in [0.25, 0.3) is 0 Å². The molecular formula is C12H9ClN4. The Morgan fingerprint density at radius 2 is 1.94 bits per heavy atom. The summed E-state index contributed by atoms with van der Waals surface area (Å²) in [5, 5.41) is 4.92. The minimum atomic E-state index is 0.711. The number of hydrogen-bond donors (Lipinski definition) is 2. The zero-order chi connectivity index (χ0) is 11.7. The topological polar surface area (TPSA) is 53.6 Å². The normalized spacial score (nSPS) is 10.6. The van der Waals surface area contributed by atoms with Crippen molar-refractivity contribution >= 4 is 33.9 Å². The summed E-state index contributed by atoms with van der Waals surface area (Å²) in [6, 6.07) is 5.83. The van der Waals surface area contributed by atoms with E-state index in [0.717, 1.165) is 22.3 Å². The molecule has 4 nitrogen and oxygen atoms in total. The number of nitrogens with zero attached hydrogens (tertiary/aromatic N) is 2. The third kappa shape index (κ3) is 1.94. The molecule has 3 rings (SSSR count). The Kier molecular flexibility index (Phi) is 2.42. The maximum Gasteiger partial charge on any atom is 0.115 e. The summed E-state index contributed by atoms with van der Waals surface area (Å²) in [5.41, 5.74) is 2.73. The summed E-state index contributed by atoms with van der Waals surface area (Å²) < 4.78 is 0. The molecule has 0 saturated heterocycles. The van der Waals surface area contributed by atoms with Gasteiger partial charge in [0.1, 0.15) is 6.33 Å². The first-order valence-corrected chi connectivity index (χ1v) is 5.49. The average Bonchev–Trinajstić information content (AvgIpc) is 2.79. The van der Waals surface area contributed by atoms with E-state index in [0.29, 0.717) is 5.02 Å². The molecule has 2 N–H and O–H groups in total. The van der Waals surface area contributed by atoms with E-state index in [1.807, 2.05) is 24.4 Å².